The van der Waals surface area contributed by atoms with Gasteiger partial charge in [0.2, 0.25) is 0 Å². The Balaban J connectivity index is 2.48. The van der Waals surface area contributed by atoms with E-state index in [1.165, 1.54) is 11.3 Å². The maximum atomic E-state index is 11.4. The molecule has 0 radical (unpaired) electrons. The number of carbonyl (C=O) groups is 1. The lowest BCUT2D eigenvalue weighted by Crippen LogP contribution is -2.29. The lowest BCUT2D eigenvalue weighted by atomic mass is 10.2. The third-order valence-corrected chi connectivity index (χ3v) is 4.42. The molecule has 16 heavy (non-hydrogen) atoms. The van der Waals surface area contributed by atoms with Crippen molar-refractivity contribution in [2.24, 2.45) is 17.5 Å². The number of thiophene rings is 1. The number of nitrogen functional groups attached to an aromatic ring is 1. The van der Waals surface area contributed by atoms with Crippen molar-refractivity contribution in [3.63, 3.8) is 0 Å². The van der Waals surface area contributed by atoms with Gasteiger partial charge in [0.1, 0.15) is 0 Å². The van der Waals surface area contributed by atoms with Gasteiger partial charge in [0, 0.05) is 5.75 Å². The molecule has 0 aliphatic heterocycles. The number of amides is 1. The van der Waals surface area contributed by atoms with Gasteiger partial charge in [0.05, 0.1) is 4.88 Å². The number of thioether (sulfide) groups is 1. The van der Waals surface area contributed by atoms with E-state index in [0.717, 1.165) is 17.1 Å². The topological polar surface area (TPSA) is 81.1 Å². The van der Waals surface area contributed by atoms with E-state index in [1.54, 1.807) is 11.8 Å². The predicted molar refractivity (Wildman–Crippen MR) is 70.4 cm³/mol. The highest BCUT2D eigenvalue weighted by Crippen LogP contribution is 2.22. The van der Waals surface area contributed by atoms with Crippen LogP contribution in [0.25, 0.3) is 0 Å². The summed E-state index contributed by atoms with van der Waals surface area (Å²) in [5, 5.41) is 1.91. The van der Waals surface area contributed by atoms with Gasteiger partial charge in [0.25, 0.3) is 5.91 Å². The lowest BCUT2D eigenvalue weighted by molar-refractivity contribution is 0.0957. The summed E-state index contributed by atoms with van der Waals surface area (Å²) in [7, 11) is 0. The van der Waals surface area contributed by atoms with Crippen LogP contribution in [0.5, 0.6) is 0 Å². The molecule has 90 valence electrons. The van der Waals surface area contributed by atoms with Gasteiger partial charge in [-0.2, -0.15) is 11.8 Å². The first kappa shape index (κ1) is 13.5. The molecule has 0 saturated heterocycles. The molecule has 0 aromatic carbocycles. The Hall–Kier alpha value is -0.560. The van der Waals surface area contributed by atoms with Crippen LogP contribution in [-0.4, -0.2) is 18.2 Å². The summed E-state index contributed by atoms with van der Waals surface area (Å²) in [6.45, 7) is 2.82. The number of hydrogen-bond donors (Lipinski definition) is 3. The monoisotopic (exact) mass is 259 g/mol. The molecule has 1 unspecified atom stereocenters. The molecule has 0 aliphatic carbocycles. The maximum absolute atomic E-state index is 11.4. The highest BCUT2D eigenvalue weighted by molar-refractivity contribution is 7.98. The zero-order valence-electron chi connectivity index (χ0n) is 9.23. The molecule has 1 aromatic heterocycles. The second-order valence-electron chi connectivity index (χ2n) is 3.60. The summed E-state index contributed by atoms with van der Waals surface area (Å²) in [5.74, 6) is 7.25. The van der Waals surface area contributed by atoms with Crippen LogP contribution in [-0.2, 0) is 5.75 Å². The number of carbonyl (C=O) groups excluding carboxylic acids is 1. The molecule has 6 heteroatoms. The normalized spacial score (nSPS) is 12.4. The summed E-state index contributed by atoms with van der Waals surface area (Å²) in [5.41, 5.74) is 8.74. The Morgan fingerprint density at radius 3 is 3.06 bits per heavy atom. The molecule has 1 rings (SSSR count). The van der Waals surface area contributed by atoms with Crippen LogP contribution >= 0.6 is 23.1 Å². The highest BCUT2D eigenvalue weighted by atomic mass is 32.2. The third-order valence-electron chi connectivity index (χ3n) is 2.15. The highest BCUT2D eigenvalue weighted by Gasteiger charge is 2.11. The van der Waals surface area contributed by atoms with Gasteiger partial charge >= 0.3 is 0 Å². The molecule has 0 aliphatic rings. The number of hydrogen-bond acceptors (Lipinski definition) is 5. The van der Waals surface area contributed by atoms with Gasteiger partial charge in [-0.05, 0) is 35.2 Å². The molecular weight excluding hydrogens is 242 g/mol. The van der Waals surface area contributed by atoms with Crippen molar-refractivity contribution in [2.45, 2.75) is 12.7 Å². The molecular formula is C10H17N3OS2. The van der Waals surface area contributed by atoms with E-state index >= 15 is 0 Å². The fraction of sp³-hybridized carbons (Fsp3) is 0.500. The van der Waals surface area contributed by atoms with Crippen LogP contribution in [0, 0.1) is 5.92 Å². The van der Waals surface area contributed by atoms with E-state index in [-0.39, 0.29) is 5.91 Å². The maximum Gasteiger partial charge on any atom is 0.275 e. The SMILES string of the molecule is CC(CN)CSCc1ccsc1C(=O)NN. The van der Waals surface area contributed by atoms with E-state index in [4.69, 9.17) is 11.6 Å². The Kier molecular flexibility index (Phi) is 5.83. The number of nitrogens with one attached hydrogen (secondary N) is 1. The van der Waals surface area contributed by atoms with Gasteiger partial charge in [-0.15, -0.1) is 11.3 Å². The van der Waals surface area contributed by atoms with Crippen molar-refractivity contribution in [1.82, 2.24) is 5.43 Å². The van der Waals surface area contributed by atoms with E-state index in [1.807, 2.05) is 11.4 Å². The summed E-state index contributed by atoms with van der Waals surface area (Å²) < 4.78 is 0. The molecule has 4 nitrogen and oxygen atoms in total. The predicted octanol–water partition coefficient (Wildman–Crippen LogP) is 1.18. The average Bonchev–Trinajstić information content (AvgIpc) is 2.76. The second-order valence-corrected chi connectivity index (χ2v) is 5.55. The lowest BCUT2D eigenvalue weighted by Gasteiger charge is -2.07. The van der Waals surface area contributed by atoms with Crippen molar-refractivity contribution in [3.05, 3.63) is 21.9 Å². The summed E-state index contributed by atoms with van der Waals surface area (Å²) in [4.78, 5) is 12.1. The zero-order chi connectivity index (χ0) is 12.0. The summed E-state index contributed by atoms with van der Waals surface area (Å²) in [6, 6.07) is 1.97. The number of nitrogens with two attached hydrogens (primary N) is 2. The minimum absolute atomic E-state index is 0.211. The van der Waals surface area contributed by atoms with E-state index in [2.05, 4.69) is 12.3 Å². The molecule has 5 N–H and O–H groups in total. The first-order valence-electron chi connectivity index (χ1n) is 5.04. The van der Waals surface area contributed by atoms with Crippen molar-refractivity contribution < 1.29 is 4.79 Å². The van der Waals surface area contributed by atoms with E-state index in [0.29, 0.717) is 17.3 Å². The Morgan fingerprint density at radius 1 is 1.69 bits per heavy atom. The van der Waals surface area contributed by atoms with Crippen LogP contribution in [0.1, 0.15) is 22.2 Å². The standard InChI is InChI=1S/C10H17N3OS2/c1-7(4-11)5-15-6-8-2-3-16-9(8)10(14)13-12/h2-3,7H,4-6,11-12H2,1H3,(H,13,14). The fourth-order valence-corrected chi connectivity index (χ4v) is 3.19. The zero-order valence-corrected chi connectivity index (χ0v) is 10.9. The van der Waals surface area contributed by atoms with Crippen LogP contribution < -0.4 is 17.0 Å². The molecule has 0 bridgehead atoms. The van der Waals surface area contributed by atoms with Gasteiger partial charge in [-0.3, -0.25) is 10.2 Å². The third kappa shape index (κ3) is 3.79. The van der Waals surface area contributed by atoms with E-state index in [9.17, 15) is 4.79 Å². The van der Waals surface area contributed by atoms with Gasteiger partial charge in [-0.1, -0.05) is 6.92 Å². The molecule has 1 atom stereocenters. The largest absolute Gasteiger partial charge is 0.330 e. The van der Waals surface area contributed by atoms with Gasteiger partial charge in [0.15, 0.2) is 0 Å². The summed E-state index contributed by atoms with van der Waals surface area (Å²) >= 11 is 3.21. The average molecular weight is 259 g/mol. The van der Waals surface area contributed by atoms with Gasteiger partial charge in [-0.25, -0.2) is 5.84 Å². The van der Waals surface area contributed by atoms with Crippen LogP contribution in [0.3, 0.4) is 0 Å². The van der Waals surface area contributed by atoms with E-state index < -0.39 is 0 Å². The number of hydrazine groups is 1. The molecule has 1 amide bonds. The van der Waals surface area contributed by atoms with Crippen LogP contribution in [0.4, 0.5) is 0 Å². The fourth-order valence-electron chi connectivity index (χ4n) is 1.15. The quantitative estimate of drug-likeness (QED) is 0.407. The minimum atomic E-state index is -0.211. The number of rotatable bonds is 6. The smallest absolute Gasteiger partial charge is 0.275 e. The molecule has 1 aromatic rings. The summed E-state index contributed by atoms with van der Waals surface area (Å²) in [6.07, 6.45) is 0. The molecule has 0 saturated carbocycles. The van der Waals surface area contributed by atoms with Crippen LogP contribution in [0.2, 0.25) is 0 Å². The van der Waals surface area contributed by atoms with Gasteiger partial charge < -0.3 is 5.73 Å². The minimum Gasteiger partial charge on any atom is -0.330 e. The Bertz CT molecular complexity index is 341. The van der Waals surface area contributed by atoms with Crippen LogP contribution in [0.15, 0.2) is 11.4 Å². The molecule has 1 heterocycles. The molecule has 0 spiro atoms. The first-order chi connectivity index (χ1) is 7.69. The Morgan fingerprint density at radius 2 is 2.44 bits per heavy atom. The first-order valence-corrected chi connectivity index (χ1v) is 7.07. The Labute approximate surface area is 104 Å². The van der Waals surface area contributed by atoms with Crippen molar-refractivity contribution in [1.29, 1.82) is 0 Å². The van der Waals surface area contributed by atoms with Crippen molar-refractivity contribution >= 4 is 29.0 Å². The van der Waals surface area contributed by atoms with Crippen molar-refractivity contribution in [2.75, 3.05) is 12.3 Å². The van der Waals surface area contributed by atoms with Crippen molar-refractivity contribution in [3.8, 4) is 0 Å². The molecule has 0 fully saturated rings. The second kappa shape index (κ2) is 6.90.